The summed E-state index contributed by atoms with van der Waals surface area (Å²) in [4.78, 5) is 4.28. The molecule has 8 heteroatoms. The lowest BCUT2D eigenvalue weighted by Gasteiger charge is -2.36. The Labute approximate surface area is 155 Å². The van der Waals surface area contributed by atoms with Crippen molar-refractivity contribution in [1.82, 2.24) is 4.98 Å². The fourth-order valence-electron chi connectivity index (χ4n) is 4.30. The smallest absolute Gasteiger partial charge is 0.399 e. The van der Waals surface area contributed by atoms with Gasteiger partial charge in [-0.05, 0) is 53.4 Å². The number of hydrogen-bond donors (Lipinski definition) is 1. The van der Waals surface area contributed by atoms with Crippen molar-refractivity contribution < 1.29 is 22.8 Å². The van der Waals surface area contributed by atoms with Crippen LogP contribution in [-0.4, -0.2) is 47.3 Å². The highest BCUT2D eigenvalue weighted by Gasteiger charge is 2.54. The van der Waals surface area contributed by atoms with Gasteiger partial charge in [-0.1, -0.05) is 6.07 Å². The standard InChI is InChI=1S/C18H26BNO5S/c1-16(2)17(3,4)25-19(24-16)13-7-12(10-20-11-13)18(21)8-14-5-6-15(9-18)26(14,22)23/h7,10-11,14-15,21H,5-6,8-9H2,1-4H3. The fourth-order valence-corrected chi connectivity index (χ4v) is 6.79. The van der Waals surface area contributed by atoms with E-state index >= 15 is 0 Å². The van der Waals surface area contributed by atoms with Gasteiger partial charge < -0.3 is 14.4 Å². The van der Waals surface area contributed by atoms with Crippen LogP contribution >= 0.6 is 0 Å². The second kappa shape index (κ2) is 5.53. The molecule has 3 saturated heterocycles. The Hall–Kier alpha value is -0.955. The van der Waals surface area contributed by atoms with Gasteiger partial charge in [0.1, 0.15) is 0 Å². The third-order valence-electron chi connectivity index (χ3n) is 6.69. The van der Waals surface area contributed by atoms with Crippen LogP contribution in [0.1, 0.15) is 58.9 Å². The van der Waals surface area contributed by atoms with E-state index in [0.717, 1.165) is 5.46 Å². The first-order valence-electron chi connectivity index (χ1n) is 9.21. The molecule has 0 radical (unpaired) electrons. The van der Waals surface area contributed by atoms with E-state index in [0.29, 0.717) is 18.4 Å². The maximum Gasteiger partial charge on any atom is 0.496 e. The minimum Gasteiger partial charge on any atom is -0.399 e. The lowest BCUT2D eigenvalue weighted by atomic mass is 9.77. The van der Waals surface area contributed by atoms with Gasteiger partial charge in [-0.3, -0.25) is 4.98 Å². The molecule has 0 aromatic carbocycles. The van der Waals surface area contributed by atoms with Gasteiger partial charge in [-0.15, -0.1) is 0 Å². The molecule has 4 heterocycles. The summed E-state index contributed by atoms with van der Waals surface area (Å²) >= 11 is 0. The van der Waals surface area contributed by atoms with Crippen molar-refractivity contribution in [3.05, 3.63) is 24.0 Å². The van der Waals surface area contributed by atoms with Gasteiger partial charge in [0.25, 0.3) is 0 Å². The molecule has 0 saturated carbocycles. The molecule has 3 aliphatic rings. The van der Waals surface area contributed by atoms with E-state index in [4.69, 9.17) is 9.31 Å². The number of aliphatic hydroxyl groups is 1. The third kappa shape index (κ3) is 2.65. The van der Waals surface area contributed by atoms with E-state index < -0.39 is 44.3 Å². The maximum atomic E-state index is 12.3. The Morgan fingerprint density at radius 3 is 2.15 bits per heavy atom. The SMILES string of the molecule is CC1(C)OB(c2cncc(C3(O)CC4CCC(C3)S4(=O)=O)c2)OC1(C)C. The highest BCUT2D eigenvalue weighted by molar-refractivity contribution is 7.93. The summed E-state index contributed by atoms with van der Waals surface area (Å²) in [6.45, 7) is 7.95. The molecule has 0 aliphatic carbocycles. The van der Waals surface area contributed by atoms with Crippen molar-refractivity contribution >= 4 is 22.4 Å². The molecule has 1 aromatic heterocycles. The summed E-state index contributed by atoms with van der Waals surface area (Å²) in [5.74, 6) is 0. The van der Waals surface area contributed by atoms with Crippen LogP contribution in [0.25, 0.3) is 0 Å². The van der Waals surface area contributed by atoms with Crippen LogP contribution in [-0.2, 0) is 24.7 Å². The van der Waals surface area contributed by atoms with Crippen molar-refractivity contribution in [3.8, 4) is 0 Å². The van der Waals surface area contributed by atoms with Gasteiger partial charge in [-0.25, -0.2) is 8.42 Å². The van der Waals surface area contributed by atoms with Crippen molar-refractivity contribution in [1.29, 1.82) is 0 Å². The molecule has 142 valence electrons. The largest absolute Gasteiger partial charge is 0.496 e. The zero-order valence-corrected chi connectivity index (χ0v) is 16.5. The lowest BCUT2D eigenvalue weighted by molar-refractivity contribution is 0.00578. The second-order valence-electron chi connectivity index (χ2n) is 8.95. The highest BCUT2D eigenvalue weighted by atomic mass is 32.2. The number of rotatable bonds is 2. The van der Waals surface area contributed by atoms with E-state index in [1.54, 1.807) is 12.4 Å². The topological polar surface area (TPSA) is 85.7 Å². The van der Waals surface area contributed by atoms with Crippen molar-refractivity contribution in [2.75, 3.05) is 0 Å². The van der Waals surface area contributed by atoms with Crippen LogP contribution in [0.5, 0.6) is 0 Å². The van der Waals surface area contributed by atoms with Crippen molar-refractivity contribution in [2.45, 2.75) is 80.7 Å². The summed E-state index contributed by atoms with van der Waals surface area (Å²) < 4.78 is 36.8. The predicted octanol–water partition coefficient (Wildman–Crippen LogP) is 1.31. The number of pyridine rings is 1. The number of hydrogen-bond acceptors (Lipinski definition) is 6. The number of aromatic nitrogens is 1. The van der Waals surface area contributed by atoms with Gasteiger partial charge in [0.15, 0.2) is 9.84 Å². The lowest BCUT2D eigenvalue weighted by Crippen LogP contribution is -2.44. The number of nitrogens with zero attached hydrogens (tertiary/aromatic N) is 1. The van der Waals surface area contributed by atoms with E-state index in [-0.39, 0.29) is 12.8 Å². The number of fused-ring (bicyclic) bond motifs is 2. The Bertz CT molecular complexity index is 802. The molecule has 2 atom stereocenters. The Kier molecular flexibility index (Phi) is 3.92. The molecule has 2 bridgehead atoms. The second-order valence-corrected chi connectivity index (χ2v) is 11.5. The summed E-state index contributed by atoms with van der Waals surface area (Å²) in [5, 5.41) is 10.3. The summed E-state index contributed by atoms with van der Waals surface area (Å²) in [6, 6.07) is 1.85. The van der Waals surface area contributed by atoms with Gasteiger partial charge in [-0.2, -0.15) is 0 Å². The number of sulfone groups is 1. The van der Waals surface area contributed by atoms with E-state index in [2.05, 4.69) is 4.98 Å². The normalized spacial score (nSPS) is 37.0. The first-order chi connectivity index (χ1) is 11.9. The van der Waals surface area contributed by atoms with Gasteiger partial charge in [0.2, 0.25) is 0 Å². The average Bonchev–Trinajstić information content (AvgIpc) is 2.84. The van der Waals surface area contributed by atoms with Crippen LogP contribution in [0.4, 0.5) is 0 Å². The molecule has 0 amide bonds. The molecule has 2 unspecified atom stereocenters. The molecule has 4 rings (SSSR count). The zero-order chi connectivity index (χ0) is 19.0. The Morgan fingerprint density at radius 2 is 1.62 bits per heavy atom. The van der Waals surface area contributed by atoms with Crippen LogP contribution in [0.15, 0.2) is 18.5 Å². The van der Waals surface area contributed by atoms with E-state index in [1.165, 1.54) is 0 Å². The van der Waals surface area contributed by atoms with Crippen molar-refractivity contribution in [2.24, 2.45) is 0 Å². The summed E-state index contributed by atoms with van der Waals surface area (Å²) in [6.07, 6.45) is 5.06. The predicted molar refractivity (Wildman–Crippen MR) is 98.8 cm³/mol. The van der Waals surface area contributed by atoms with E-state index in [9.17, 15) is 13.5 Å². The monoisotopic (exact) mass is 379 g/mol. The quantitative estimate of drug-likeness (QED) is 0.780. The summed E-state index contributed by atoms with van der Waals surface area (Å²) in [5.41, 5.74) is -0.679. The molecule has 1 N–H and O–H groups in total. The molecular formula is C18H26BNO5S. The van der Waals surface area contributed by atoms with Crippen molar-refractivity contribution in [3.63, 3.8) is 0 Å². The van der Waals surface area contributed by atoms with Crippen LogP contribution < -0.4 is 5.46 Å². The van der Waals surface area contributed by atoms with Crippen LogP contribution in [0, 0.1) is 0 Å². The van der Waals surface area contributed by atoms with Crippen LogP contribution in [0.2, 0.25) is 0 Å². The average molecular weight is 379 g/mol. The Balaban J connectivity index is 1.63. The molecule has 6 nitrogen and oxygen atoms in total. The summed E-state index contributed by atoms with van der Waals surface area (Å²) in [7, 11) is -3.65. The van der Waals surface area contributed by atoms with Gasteiger partial charge >= 0.3 is 7.12 Å². The Morgan fingerprint density at radius 1 is 1.08 bits per heavy atom. The van der Waals surface area contributed by atoms with Gasteiger partial charge in [0, 0.05) is 23.4 Å². The third-order valence-corrected chi connectivity index (χ3v) is 9.36. The highest BCUT2D eigenvalue weighted by Crippen LogP contribution is 2.47. The van der Waals surface area contributed by atoms with Gasteiger partial charge in [0.05, 0.1) is 27.3 Å². The molecule has 0 spiro atoms. The molecule has 3 aliphatic heterocycles. The first-order valence-corrected chi connectivity index (χ1v) is 10.8. The first kappa shape index (κ1) is 18.4. The maximum absolute atomic E-state index is 12.3. The minimum absolute atomic E-state index is 0.236. The minimum atomic E-state index is -3.09. The molecule has 3 fully saturated rings. The molecule has 1 aromatic rings. The fraction of sp³-hybridized carbons (Fsp3) is 0.722. The van der Waals surface area contributed by atoms with E-state index in [1.807, 2.05) is 33.8 Å². The van der Waals surface area contributed by atoms with Crippen LogP contribution in [0.3, 0.4) is 0 Å². The molecular weight excluding hydrogens is 353 g/mol. The zero-order valence-electron chi connectivity index (χ0n) is 15.7. The molecule has 26 heavy (non-hydrogen) atoms.